The molecule has 1 amide bonds. The van der Waals surface area contributed by atoms with E-state index < -0.39 is 11.7 Å². The highest BCUT2D eigenvalue weighted by molar-refractivity contribution is 5.68. The first-order valence-corrected chi connectivity index (χ1v) is 7.91. The summed E-state index contributed by atoms with van der Waals surface area (Å²) in [5.41, 5.74) is 0.280. The van der Waals surface area contributed by atoms with Gasteiger partial charge in [0.15, 0.2) is 0 Å². The maximum Gasteiger partial charge on any atom is 0.407 e. The Bertz CT molecular complexity index is 482. The van der Waals surface area contributed by atoms with E-state index in [1.54, 1.807) is 10.9 Å². The molecule has 0 bridgehead atoms. The third-order valence-electron chi connectivity index (χ3n) is 3.09. The lowest BCUT2D eigenvalue weighted by atomic mass is 10.0. The fraction of sp³-hybridized carbons (Fsp3) is 0.800. The zero-order chi connectivity index (χ0) is 17.5. The minimum absolute atomic E-state index is 0.0332. The summed E-state index contributed by atoms with van der Waals surface area (Å²) in [5, 5.41) is 22.9. The molecule has 23 heavy (non-hydrogen) atoms. The Kier molecular flexibility index (Phi) is 7.44. The van der Waals surface area contributed by atoms with E-state index in [4.69, 9.17) is 9.84 Å². The van der Waals surface area contributed by atoms with E-state index in [0.29, 0.717) is 19.6 Å². The molecule has 3 N–H and O–H groups in total. The molecule has 0 aliphatic rings. The van der Waals surface area contributed by atoms with Crippen molar-refractivity contribution in [3.05, 3.63) is 11.9 Å². The Morgan fingerprint density at radius 1 is 1.43 bits per heavy atom. The third kappa shape index (κ3) is 7.94. The summed E-state index contributed by atoms with van der Waals surface area (Å²) >= 11 is 0. The molecule has 1 atom stereocenters. The Hall–Kier alpha value is -1.67. The van der Waals surface area contributed by atoms with Gasteiger partial charge in [0.05, 0.1) is 18.8 Å². The molecule has 8 nitrogen and oxygen atoms in total. The zero-order valence-corrected chi connectivity index (χ0v) is 14.7. The van der Waals surface area contributed by atoms with Crippen LogP contribution >= 0.6 is 0 Å². The second kappa shape index (κ2) is 8.83. The molecule has 1 heterocycles. The Morgan fingerprint density at radius 3 is 2.70 bits per heavy atom. The summed E-state index contributed by atoms with van der Waals surface area (Å²) in [6.07, 6.45) is 1.38. The number of nitrogens with one attached hydrogen (secondary N) is 2. The number of aliphatic hydroxyl groups is 1. The second-order valence-corrected chi connectivity index (χ2v) is 6.82. The Balaban J connectivity index is 2.42. The van der Waals surface area contributed by atoms with Crippen LogP contribution in [-0.4, -0.2) is 51.0 Å². The predicted molar refractivity (Wildman–Crippen MR) is 86.8 cm³/mol. The van der Waals surface area contributed by atoms with Crippen LogP contribution < -0.4 is 10.6 Å². The first kappa shape index (κ1) is 19.4. The molecule has 0 fully saturated rings. The van der Waals surface area contributed by atoms with Crippen molar-refractivity contribution in [1.82, 2.24) is 25.6 Å². The van der Waals surface area contributed by atoms with Gasteiger partial charge < -0.3 is 20.5 Å². The van der Waals surface area contributed by atoms with Crippen molar-refractivity contribution >= 4 is 6.09 Å². The SMILES string of the molecule is CC(C)C(CNCc1cn(CCO)nn1)NC(=O)OC(C)(C)C. The van der Waals surface area contributed by atoms with Crippen LogP contribution in [-0.2, 0) is 17.8 Å². The molecule has 8 heteroatoms. The summed E-state index contributed by atoms with van der Waals surface area (Å²) in [4.78, 5) is 11.9. The lowest BCUT2D eigenvalue weighted by Crippen LogP contribution is -2.46. The van der Waals surface area contributed by atoms with E-state index in [-0.39, 0.29) is 18.6 Å². The highest BCUT2D eigenvalue weighted by Crippen LogP contribution is 2.08. The van der Waals surface area contributed by atoms with Crippen LogP contribution in [0.2, 0.25) is 0 Å². The fourth-order valence-electron chi connectivity index (χ4n) is 1.90. The van der Waals surface area contributed by atoms with Crippen LogP contribution in [0, 0.1) is 5.92 Å². The van der Waals surface area contributed by atoms with Crippen LogP contribution in [0.3, 0.4) is 0 Å². The van der Waals surface area contributed by atoms with Crippen molar-refractivity contribution in [2.45, 2.75) is 59.4 Å². The van der Waals surface area contributed by atoms with Crippen LogP contribution in [0.4, 0.5) is 4.79 Å². The zero-order valence-electron chi connectivity index (χ0n) is 14.7. The van der Waals surface area contributed by atoms with Crippen molar-refractivity contribution in [2.75, 3.05) is 13.2 Å². The molecule has 0 saturated heterocycles. The monoisotopic (exact) mass is 327 g/mol. The van der Waals surface area contributed by atoms with Gasteiger partial charge in [0.25, 0.3) is 0 Å². The van der Waals surface area contributed by atoms with Gasteiger partial charge >= 0.3 is 6.09 Å². The van der Waals surface area contributed by atoms with E-state index >= 15 is 0 Å². The number of aliphatic hydroxyl groups excluding tert-OH is 1. The molecule has 0 radical (unpaired) electrons. The highest BCUT2D eigenvalue weighted by atomic mass is 16.6. The van der Waals surface area contributed by atoms with Crippen molar-refractivity contribution in [1.29, 1.82) is 0 Å². The van der Waals surface area contributed by atoms with E-state index in [1.165, 1.54) is 0 Å². The highest BCUT2D eigenvalue weighted by Gasteiger charge is 2.21. The molecule has 0 aromatic carbocycles. The molecule has 0 aliphatic heterocycles. The number of aromatic nitrogens is 3. The molecule has 0 spiro atoms. The van der Waals surface area contributed by atoms with Gasteiger partial charge in [-0.15, -0.1) is 5.10 Å². The molecule has 1 unspecified atom stereocenters. The lowest BCUT2D eigenvalue weighted by molar-refractivity contribution is 0.0490. The first-order chi connectivity index (χ1) is 10.7. The Labute approximate surface area is 137 Å². The normalized spacial score (nSPS) is 13.2. The van der Waals surface area contributed by atoms with Crippen molar-refractivity contribution < 1.29 is 14.6 Å². The second-order valence-electron chi connectivity index (χ2n) is 6.82. The summed E-state index contributed by atoms with van der Waals surface area (Å²) in [7, 11) is 0. The van der Waals surface area contributed by atoms with Gasteiger partial charge in [0, 0.05) is 25.3 Å². The Morgan fingerprint density at radius 2 is 2.13 bits per heavy atom. The largest absolute Gasteiger partial charge is 0.444 e. The maximum absolute atomic E-state index is 11.9. The van der Waals surface area contributed by atoms with Crippen LogP contribution in [0.15, 0.2) is 6.20 Å². The fourth-order valence-corrected chi connectivity index (χ4v) is 1.90. The number of rotatable bonds is 8. The van der Waals surface area contributed by atoms with Gasteiger partial charge in [0.1, 0.15) is 5.60 Å². The molecule has 132 valence electrons. The molecule has 0 aliphatic carbocycles. The molecular formula is C15H29N5O3. The standard InChI is InChI=1S/C15H29N5O3/c1-11(2)13(17-14(22)23-15(3,4)5)9-16-8-12-10-20(6-7-21)19-18-12/h10-11,13,16,21H,6-9H2,1-5H3,(H,17,22). The van der Waals surface area contributed by atoms with Gasteiger partial charge in [-0.3, -0.25) is 0 Å². The van der Waals surface area contributed by atoms with Crippen LogP contribution in [0.25, 0.3) is 0 Å². The van der Waals surface area contributed by atoms with Crippen molar-refractivity contribution in [3.63, 3.8) is 0 Å². The molecule has 0 saturated carbocycles. The minimum Gasteiger partial charge on any atom is -0.444 e. The van der Waals surface area contributed by atoms with Gasteiger partial charge in [-0.2, -0.15) is 0 Å². The van der Waals surface area contributed by atoms with E-state index in [1.807, 2.05) is 34.6 Å². The number of amides is 1. The molecule has 1 aromatic heterocycles. The van der Waals surface area contributed by atoms with E-state index in [2.05, 4.69) is 20.9 Å². The average molecular weight is 327 g/mol. The minimum atomic E-state index is -0.510. The van der Waals surface area contributed by atoms with Gasteiger partial charge in [0.2, 0.25) is 0 Å². The summed E-state index contributed by atoms with van der Waals surface area (Å²) < 4.78 is 6.88. The number of carbonyl (C=O) groups is 1. The summed E-state index contributed by atoms with van der Waals surface area (Å²) in [5.74, 6) is 0.264. The molecule has 1 rings (SSSR count). The first-order valence-electron chi connectivity index (χ1n) is 7.91. The van der Waals surface area contributed by atoms with E-state index in [0.717, 1.165) is 5.69 Å². The predicted octanol–water partition coefficient (Wildman–Crippen LogP) is 0.909. The summed E-state index contributed by atoms with van der Waals surface area (Å²) in [6.45, 7) is 11.2. The molecule has 1 aromatic rings. The number of ether oxygens (including phenoxy) is 1. The number of hydrogen-bond acceptors (Lipinski definition) is 6. The number of carbonyl (C=O) groups excluding carboxylic acids is 1. The number of alkyl carbamates (subject to hydrolysis) is 1. The van der Waals surface area contributed by atoms with Crippen molar-refractivity contribution in [3.8, 4) is 0 Å². The smallest absolute Gasteiger partial charge is 0.407 e. The number of nitrogens with zero attached hydrogens (tertiary/aromatic N) is 3. The van der Waals surface area contributed by atoms with Gasteiger partial charge in [-0.1, -0.05) is 19.1 Å². The molecular weight excluding hydrogens is 298 g/mol. The third-order valence-corrected chi connectivity index (χ3v) is 3.09. The van der Waals surface area contributed by atoms with Gasteiger partial charge in [-0.05, 0) is 26.7 Å². The average Bonchev–Trinajstić information content (AvgIpc) is 2.83. The van der Waals surface area contributed by atoms with Crippen LogP contribution in [0.1, 0.15) is 40.3 Å². The maximum atomic E-state index is 11.9. The van der Waals surface area contributed by atoms with Crippen molar-refractivity contribution in [2.24, 2.45) is 5.92 Å². The number of hydrogen-bond donors (Lipinski definition) is 3. The lowest BCUT2D eigenvalue weighted by Gasteiger charge is -2.26. The topological polar surface area (TPSA) is 101 Å². The quantitative estimate of drug-likeness (QED) is 0.656. The van der Waals surface area contributed by atoms with Crippen LogP contribution in [0.5, 0.6) is 0 Å². The van der Waals surface area contributed by atoms with E-state index in [9.17, 15) is 4.79 Å². The van der Waals surface area contributed by atoms with Gasteiger partial charge in [-0.25, -0.2) is 9.48 Å². The summed E-state index contributed by atoms with van der Waals surface area (Å²) in [6, 6.07) is -0.0441.